The molecule has 2 rings (SSSR count). The molecule has 1 saturated heterocycles. The van der Waals surface area contributed by atoms with Crippen LogP contribution in [-0.2, 0) is 0 Å². The molecule has 0 saturated carbocycles. The summed E-state index contributed by atoms with van der Waals surface area (Å²) in [6.07, 6.45) is 5.85. The van der Waals surface area contributed by atoms with Crippen LogP contribution in [0.4, 0.5) is 0 Å². The molecule has 17 heavy (non-hydrogen) atoms. The lowest BCUT2D eigenvalue weighted by molar-refractivity contribution is 0.0945. The van der Waals surface area contributed by atoms with Gasteiger partial charge in [-0.1, -0.05) is 6.08 Å². The molecule has 0 atom stereocenters. The number of nitrogens with zero attached hydrogens (tertiary/aromatic N) is 1. The van der Waals surface area contributed by atoms with Crippen LogP contribution >= 0.6 is 0 Å². The fourth-order valence-corrected chi connectivity index (χ4v) is 2.24. The van der Waals surface area contributed by atoms with Crippen molar-refractivity contribution < 1.29 is 4.79 Å². The van der Waals surface area contributed by atoms with Crippen molar-refractivity contribution in [2.24, 2.45) is 0 Å². The molecule has 1 amide bonds. The first-order chi connectivity index (χ1) is 8.33. The van der Waals surface area contributed by atoms with Gasteiger partial charge in [0.15, 0.2) is 0 Å². The van der Waals surface area contributed by atoms with Gasteiger partial charge in [-0.25, -0.2) is 0 Å². The monoisotopic (exact) mass is 233 g/mol. The molecule has 2 heterocycles. The van der Waals surface area contributed by atoms with E-state index in [-0.39, 0.29) is 5.91 Å². The van der Waals surface area contributed by atoms with E-state index in [9.17, 15) is 4.79 Å². The summed E-state index contributed by atoms with van der Waals surface area (Å²) in [6, 6.07) is 4.25. The molecule has 0 aromatic carbocycles. The average molecular weight is 233 g/mol. The highest BCUT2D eigenvalue weighted by Gasteiger charge is 2.19. The molecule has 1 aliphatic heterocycles. The Morgan fingerprint density at radius 2 is 2.35 bits per heavy atom. The Morgan fingerprint density at radius 1 is 1.59 bits per heavy atom. The minimum absolute atomic E-state index is 0.0200. The predicted octanol–water partition coefficient (Wildman–Crippen LogP) is 1.33. The third-order valence-electron chi connectivity index (χ3n) is 3.12. The molecule has 0 aliphatic carbocycles. The van der Waals surface area contributed by atoms with E-state index in [1.54, 1.807) is 6.08 Å². The van der Waals surface area contributed by atoms with Gasteiger partial charge >= 0.3 is 0 Å². The molecule has 4 nitrogen and oxygen atoms in total. The highest BCUT2D eigenvalue weighted by atomic mass is 16.1. The van der Waals surface area contributed by atoms with Gasteiger partial charge in [-0.05, 0) is 38.1 Å². The van der Waals surface area contributed by atoms with Crippen LogP contribution in [0.15, 0.2) is 31.0 Å². The Balaban J connectivity index is 2.09. The number of piperidine rings is 1. The number of aromatic nitrogens is 1. The minimum atomic E-state index is -0.0200. The van der Waals surface area contributed by atoms with Crippen LogP contribution in [0.1, 0.15) is 29.4 Å². The number of hydrogen-bond donors (Lipinski definition) is 2. The van der Waals surface area contributed by atoms with Crippen molar-refractivity contribution in [3.63, 3.8) is 0 Å². The Labute approximate surface area is 102 Å². The maximum atomic E-state index is 11.9. The Bertz CT molecular complexity index is 391. The summed E-state index contributed by atoms with van der Waals surface area (Å²) < 4.78 is 2.10. The zero-order valence-corrected chi connectivity index (χ0v) is 9.98. The summed E-state index contributed by atoms with van der Waals surface area (Å²) in [7, 11) is 0. The van der Waals surface area contributed by atoms with E-state index in [2.05, 4.69) is 21.8 Å². The quantitative estimate of drug-likeness (QED) is 0.771. The second-order valence-corrected chi connectivity index (χ2v) is 4.28. The van der Waals surface area contributed by atoms with Crippen LogP contribution in [0, 0.1) is 0 Å². The molecular weight excluding hydrogens is 214 g/mol. The first-order valence-electron chi connectivity index (χ1n) is 6.09. The van der Waals surface area contributed by atoms with Crippen molar-refractivity contribution in [3.05, 3.63) is 36.7 Å². The van der Waals surface area contributed by atoms with Crippen LogP contribution in [-0.4, -0.2) is 30.1 Å². The third kappa shape index (κ3) is 2.77. The van der Waals surface area contributed by atoms with Crippen molar-refractivity contribution in [2.45, 2.75) is 18.9 Å². The molecule has 4 heteroatoms. The molecule has 1 aromatic heterocycles. The molecule has 0 spiro atoms. The maximum Gasteiger partial charge on any atom is 0.268 e. The first-order valence-corrected chi connectivity index (χ1v) is 6.09. The van der Waals surface area contributed by atoms with Gasteiger partial charge in [-0.15, -0.1) is 6.58 Å². The van der Waals surface area contributed by atoms with Crippen LogP contribution in [0.2, 0.25) is 0 Å². The first kappa shape index (κ1) is 11.9. The summed E-state index contributed by atoms with van der Waals surface area (Å²) in [5.74, 6) is -0.0200. The van der Waals surface area contributed by atoms with Gasteiger partial charge in [0.1, 0.15) is 5.69 Å². The molecule has 1 aliphatic rings. The molecule has 1 fully saturated rings. The number of nitrogens with one attached hydrogen (secondary N) is 2. The van der Waals surface area contributed by atoms with Gasteiger partial charge < -0.3 is 15.2 Å². The fourth-order valence-electron chi connectivity index (χ4n) is 2.24. The number of carbonyl (C=O) groups is 1. The van der Waals surface area contributed by atoms with E-state index in [4.69, 9.17) is 0 Å². The summed E-state index contributed by atoms with van der Waals surface area (Å²) >= 11 is 0. The molecule has 0 bridgehead atoms. The van der Waals surface area contributed by atoms with Gasteiger partial charge in [0.25, 0.3) is 5.91 Å². The van der Waals surface area contributed by atoms with E-state index in [0.717, 1.165) is 31.6 Å². The lowest BCUT2D eigenvalue weighted by atomic mass is 10.1. The zero-order valence-electron chi connectivity index (χ0n) is 9.98. The molecule has 0 radical (unpaired) electrons. The number of carbonyl (C=O) groups excluding carboxylic acids is 1. The predicted molar refractivity (Wildman–Crippen MR) is 68.1 cm³/mol. The molecule has 1 aromatic rings. The van der Waals surface area contributed by atoms with Gasteiger partial charge in [0.05, 0.1) is 0 Å². The van der Waals surface area contributed by atoms with Crippen molar-refractivity contribution in [1.82, 2.24) is 15.2 Å². The van der Waals surface area contributed by atoms with E-state index in [1.165, 1.54) is 0 Å². The fraction of sp³-hybridized carbons (Fsp3) is 0.462. The van der Waals surface area contributed by atoms with E-state index in [0.29, 0.717) is 12.6 Å². The molecule has 0 unspecified atom stereocenters. The minimum Gasteiger partial charge on any atom is -0.347 e. The number of hydrogen-bond acceptors (Lipinski definition) is 2. The Hall–Kier alpha value is -1.55. The van der Waals surface area contributed by atoms with Crippen molar-refractivity contribution in [3.8, 4) is 0 Å². The number of rotatable bonds is 4. The van der Waals surface area contributed by atoms with Gasteiger partial charge in [-0.2, -0.15) is 0 Å². The zero-order chi connectivity index (χ0) is 12.1. The lowest BCUT2D eigenvalue weighted by Crippen LogP contribution is -2.32. The van der Waals surface area contributed by atoms with E-state index < -0.39 is 0 Å². The highest BCUT2D eigenvalue weighted by molar-refractivity contribution is 5.92. The van der Waals surface area contributed by atoms with Crippen LogP contribution in [0.25, 0.3) is 0 Å². The summed E-state index contributed by atoms with van der Waals surface area (Å²) in [5.41, 5.74) is 0.749. The molecule has 92 valence electrons. The van der Waals surface area contributed by atoms with Crippen LogP contribution < -0.4 is 10.6 Å². The van der Waals surface area contributed by atoms with Gasteiger partial charge in [-0.3, -0.25) is 4.79 Å². The van der Waals surface area contributed by atoms with E-state index in [1.807, 2.05) is 18.3 Å². The van der Waals surface area contributed by atoms with Crippen LogP contribution in [0.5, 0.6) is 0 Å². The van der Waals surface area contributed by atoms with Gasteiger partial charge in [0.2, 0.25) is 0 Å². The topological polar surface area (TPSA) is 46.1 Å². The summed E-state index contributed by atoms with van der Waals surface area (Å²) in [4.78, 5) is 11.9. The standard InChI is InChI=1S/C13H19N3O/c1-2-7-15-13(17)12-4-3-10-16(12)11-5-8-14-9-6-11/h2-4,10-11,14H,1,5-9H2,(H,15,17). The van der Waals surface area contributed by atoms with Crippen molar-refractivity contribution in [1.29, 1.82) is 0 Å². The molecular formula is C13H19N3O. The summed E-state index contributed by atoms with van der Waals surface area (Å²) in [5, 5.41) is 6.15. The van der Waals surface area contributed by atoms with Gasteiger partial charge in [0, 0.05) is 18.8 Å². The maximum absolute atomic E-state index is 11.9. The van der Waals surface area contributed by atoms with Crippen molar-refractivity contribution >= 4 is 5.91 Å². The summed E-state index contributed by atoms with van der Waals surface area (Å²) in [6.45, 7) is 6.16. The SMILES string of the molecule is C=CCNC(=O)c1cccn1C1CCNCC1. The van der Waals surface area contributed by atoms with Crippen molar-refractivity contribution in [2.75, 3.05) is 19.6 Å². The smallest absolute Gasteiger partial charge is 0.268 e. The Kier molecular flexibility index (Phi) is 3.98. The second-order valence-electron chi connectivity index (χ2n) is 4.28. The molecule has 2 N–H and O–H groups in total. The Morgan fingerprint density at radius 3 is 3.06 bits per heavy atom. The average Bonchev–Trinajstić information content (AvgIpc) is 2.86. The van der Waals surface area contributed by atoms with Crippen LogP contribution in [0.3, 0.4) is 0 Å². The largest absolute Gasteiger partial charge is 0.347 e. The highest BCUT2D eigenvalue weighted by Crippen LogP contribution is 2.21. The second kappa shape index (κ2) is 5.68. The van der Waals surface area contributed by atoms with E-state index >= 15 is 0 Å². The number of amides is 1. The lowest BCUT2D eigenvalue weighted by Gasteiger charge is -2.25. The third-order valence-corrected chi connectivity index (χ3v) is 3.12. The normalized spacial score (nSPS) is 16.7.